The van der Waals surface area contributed by atoms with Gasteiger partial charge in [-0.15, -0.1) is 0 Å². The molecule has 0 spiro atoms. The van der Waals surface area contributed by atoms with Crippen molar-refractivity contribution in [3.63, 3.8) is 0 Å². The first-order valence-corrected chi connectivity index (χ1v) is 8.68. The van der Waals surface area contributed by atoms with Crippen LogP contribution in [0.1, 0.15) is 24.1 Å². The van der Waals surface area contributed by atoms with Gasteiger partial charge in [0, 0.05) is 20.1 Å². The average Bonchev–Trinajstić information content (AvgIpc) is 2.92. The predicted molar refractivity (Wildman–Crippen MR) is 89.9 cm³/mol. The summed E-state index contributed by atoms with van der Waals surface area (Å²) >= 11 is 1.50. The summed E-state index contributed by atoms with van der Waals surface area (Å²) in [6, 6.07) is 10.1. The van der Waals surface area contributed by atoms with E-state index in [0.717, 1.165) is 35.8 Å². The van der Waals surface area contributed by atoms with Gasteiger partial charge in [0.2, 0.25) is 5.91 Å². The van der Waals surface area contributed by atoms with Crippen LogP contribution in [-0.2, 0) is 25.0 Å². The fraction of sp³-hybridized carbons (Fsp3) is 0.412. The number of likely N-dealkylation sites (tertiary alicyclic amines) is 1. The minimum absolute atomic E-state index is 0.0389. The van der Waals surface area contributed by atoms with Crippen molar-refractivity contribution in [2.24, 2.45) is 7.05 Å². The molecule has 2 heterocycles. The molecular formula is C17H21N3O2S. The van der Waals surface area contributed by atoms with E-state index in [9.17, 15) is 9.90 Å². The van der Waals surface area contributed by atoms with E-state index in [1.807, 2.05) is 34.7 Å². The fourth-order valence-corrected chi connectivity index (χ4v) is 3.96. The largest absolute Gasteiger partial charge is 0.390 e. The standard InChI is InChI=1S/C17H21N3O2S/c1-19-14(12-21)10-18-17(19)23-15-8-5-9-20(16(15)22)11-13-6-3-2-4-7-13/h2-4,6-7,10,15,21H,5,8-9,11-12H2,1H3/t15-/m1/s1. The van der Waals surface area contributed by atoms with Gasteiger partial charge in [-0.25, -0.2) is 4.98 Å². The summed E-state index contributed by atoms with van der Waals surface area (Å²) in [4.78, 5) is 19.0. The van der Waals surface area contributed by atoms with Gasteiger partial charge in [-0.1, -0.05) is 42.1 Å². The monoisotopic (exact) mass is 331 g/mol. The number of piperidine rings is 1. The van der Waals surface area contributed by atoms with Crippen molar-refractivity contribution >= 4 is 17.7 Å². The number of thioether (sulfide) groups is 1. The topological polar surface area (TPSA) is 58.4 Å². The molecule has 5 nitrogen and oxygen atoms in total. The Morgan fingerprint density at radius 3 is 2.83 bits per heavy atom. The van der Waals surface area contributed by atoms with Crippen molar-refractivity contribution < 1.29 is 9.90 Å². The molecule has 0 saturated carbocycles. The summed E-state index contributed by atoms with van der Waals surface area (Å²) in [7, 11) is 1.87. The molecule has 1 aromatic carbocycles. The number of rotatable bonds is 5. The lowest BCUT2D eigenvalue weighted by molar-refractivity contribution is -0.133. The summed E-state index contributed by atoms with van der Waals surface area (Å²) in [6.07, 6.45) is 3.54. The summed E-state index contributed by atoms with van der Waals surface area (Å²) in [5.74, 6) is 0.179. The molecule has 0 aliphatic carbocycles. The number of hydrogen-bond donors (Lipinski definition) is 1. The summed E-state index contributed by atoms with van der Waals surface area (Å²) in [5.41, 5.74) is 1.92. The molecule has 0 unspecified atom stereocenters. The predicted octanol–water partition coefficient (Wildman–Crippen LogP) is 2.20. The van der Waals surface area contributed by atoms with Crippen molar-refractivity contribution in [2.45, 2.75) is 36.4 Å². The van der Waals surface area contributed by atoms with Gasteiger partial charge in [-0.3, -0.25) is 4.79 Å². The van der Waals surface area contributed by atoms with E-state index in [0.29, 0.717) is 6.54 Å². The lowest BCUT2D eigenvalue weighted by atomic mass is 10.1. The maximum absolute atomic E-state index is 12.7. The van der Waals surface area contributed by atoms with Gasteiger partial charge in [0.1, 0.15) is 0 Å². The molecule has 0 radical (unpaired) electrons. The Hall–Kier alpha value is -1.79. The van der Waals surface area contributed by atoms with Crippen LogP contribution in [0.25, 0.3) is 0 Å². The Morgan fingerprint density at radius 1 is 1.35 bits per heavy atom. The molecule has 122 valence electrons. The van der Waals surface area contributed by atoms with E-state index in [2.05, 4.69) is 17.1 Å². The first-order chi connectivity index (χ1) is 11.2. The Kier molecular flexibility index (Phi) is 5.03. The zero-order valence-corrected chi connectivity index (χ0v) is 14.0. The van der Waals surface area contributed by atoms with Gasteiger partial charge < -0.3 is 14.6 Å². The minimum Gasteiger partial charge on any atom is -0.390 e. The highest BCUT2D eigenvalue weighted by Crippen LogP contribution is 2.30. The molecule has 1 amide bonds. The van der Waals surface area contributed by atoms with Gasteiger partial charge in [-0.2, -0.15) is 0 Å². The highest BCUT2D eigenvalue weighted by Gasteiger charge is 2.30. The second-order valence-corrected chi connectivity index (χ2v) is 6.91. The number of aliphatic hydroxyl groups excluding tert-OH is 1. The van der Waals surface area contributed by atoms with Crippen LogP contribution in [0.2, 0.25) is 0 Å². The van der Waals surface area contributed by atoms with Crippen LogP contribution in [0.15, 0.2) is 41.7 Å². The third-order valence-corrected chi connectivity index (χ3v) is 5.46. The van der Waals surface area contributed by atoms with Crippen molar-refractivity contribution in [1.82, 2.24) is 14.5 Å². The number of nitrogens with zero attached hydrogens (tertiary/aromatic N) is 3. The number of aliphatic hydroxyl groups is 1. The fourth-order valence-electron chi connectivity index (χ4n) is 2.78. The number of imidazole rings is 1. The van der Waals surface area contributed by atoms with E-state index in [-0.39, 0.29) is 17.8 Å². The zero-order valence-electron chi connectivity index (χ0n) is 13.2. The molecule has 6 heteroatoms. The first kappa shape index (κ1) is 16.1. The number of amides is 1. The molecule has 1 aliphatic rings. The number of carbonyl (C=O) groups excluding carboxylic acids is 1. The Morgan fingerprint density at radius 2 is 2.13 bits per heavy atom. The number of carbonyl (C=O) groups is 1. The SMILES string of the molecule is Cn1c(CO)cnc1S[C@@H]1CCCN(Cc2ccccc2)C1=O. The maximum Gasteiger partial charge on any atom is 0.236 e. The van der Waals surface area contributed by atoms with Crippen LogP contribution in [0.4, 0.5) is 0 Å². The van der Waals surface area contributed by atoms with E-state index >= 15 is 0 Å². The van der Waals surface area contributed by atoms with Crippen LogP contribution in [-0.4, -0.2) is 37.3 Å². The Balaban J connectivity index is 1.68. The molecule has 1 saturated heterocycles. The first-order valence-electron chi connectivity index (χ1n) is 7.80. The Bertz CT molecular complexity index is 672. The third kappa shape index (κ3) is 3.59. The zero-order chi connectivity index (χ0) is 16.2. The van der Waals surface area contributed by atoms with Gasteiger partial charge in [-0.05, 0) is 18.4 Å². The van der Waals surface area contributed by atoms with Gasteiger partial charge >= 0.3 is 0 Å². The average molecular weight is 331 g/mol. The molecular weight excluding hydrogens is 310 g/mol. The van der Waals surface area contributed by atoms with E-state index in [1.165, 1.54) is 11.8 Å². The van der Waals surface area contributed by atoms with Gasteiger partial charge in [0.15, 0.2) is 5.16 Å². The van der Waals surface area contributed by atoms with Crippen molar-refractivity contribution in [2.75, 3.05) is 6.54 Å². The highest BCUT2D eigenvalue weighted by atomic mass is 32.2. The number of benzene rings is 1. The van der Waals surface area contributed by atoms with Gasteiger partial charge in [0.25, 0.3) is 0 Å². The summed E-state index contributed by atoms with van der Waals surface area (Å²) < 4.78 is 1.86. The Labute approximate surface area is 140 Å². The van der Waals surface area contributed by atoms with Crippen molar-refractivity contribution in [3.8, 4) is 0 Å². The lowest BCUT2D eigenvalue weighted by Gasteiger charge is -2.31. The second kappa shape index (κ2) is 7.19. The normalized spacial score (nSPS) is 18.4. The molecule has 1 aromatic heterocycles. The smallest absolute Gasteiger partial charge is 0.236 e. The number of aromatic nitrogens is 2. The highest BCUT2D eigenvalue weighted by molar-refractivity contribution is 8.00. The van der Waals surface area contributed by atoms with Crippen molar-refractivity contribution in [1.29, 1.82) is 0 Å². The van der Waals surface area contributed by atoms with E-state index in [4.69, 9.17) is 0 Å². The van der Waals surface area contributed by atoms with Crippen LogP contribution in [0.5, 0.6) is 0 Å². The second-order valence-electron chi connectivity index (χ2n) is 5.74. The molecule has 1 aliphatic heterocycles. The maximum atomic E-state index is 12.7. The molecule has 2 aromatic rings. The molecule has 0 bridgehead atoms. The van der Waals surface area contributed by atoms with Crippen molar-refractivity contribution in [3.05, 3.63) is 47.8 Å². The van der Waals surface area contributed by atoms with Crippen LogP contribution in [0.3, 0.4) is 0 Å². The van der Waals surface area contributed by atoms with Crippen LogP contribution >= 0.6 is 11.8 Å². The van der Waals surface area contributed by atoms with E-state index < -0.39 is 0 Å². The molecule has 1 N–H and O–H groups in total. The third-order valence-electron chi connectivity index (χ3n) is 4.15. The number of hydrogen-bond acceptors (Lipinski definition) is 4. The molecule has 1 fully saturated rings. The molecule has 3 rings (SSSR count). The van der Waals surface area contributed by atoms with E-state index in [1.54, 1.807) is 6.20 Å². The summed E-state index contributed by atoms with van der Waals surface area (Å²) in [6.45, 7) is 1.44. The van der Waals surface area contributed by atoms with Crippen LogP contribution < -0.4 is 0 Å². The lowest BCUT2D eigenvalue weighted by Crippen LogP contribution is -2.42. The molecule has 1 atom stereocenters. The molecule has 23 heavy (non-hydrogen) atoms. The van der Waals surface area contributed by atoms with Gasteiger partial charge in [0.05, 0.1) is 23.7 Å². The summed E-state index contributed by atoms with van der Waals surface area (Å²) in [5, 5.41) is 9.94. The van der Waals surface area contributed by atoms with Crippen LogP contribution in [0, 0.1) is 0 Å². The quantitative estimate of drug-likeness (QED) is 0.912. The minimum atomic E-state index is -0.0971.